The van der Waals surface area contributed by atoms with Crippen LogP contribution < -0.4 is 5.73 Å². The van der Waals surface area contributed by atoms with Crippen molar-refractivity contribution in [2.24, 2.45) is 0 Å². The lowest BCUT2D eigenvalue weighted by Gasteiger charge is -2.01. The molecule has 0 aliphatic rings. The molecule has 0 radical (unpaired) electrons. The second kappa shape index (κ2) is 4.09. The standard InChI is InChI=1S/C15H13FN2O/c1-8-3-4-10(5-9(8)2)15-18-13-7-11(16)6-12(17)14(13)19-15/h3-7H,17H2,1-2H3. The van der Waals surface area contributed by atoms with Crippen molar-refractivity contribution in [2.45, 2.75) is 13.8 Å². The number of hydrogen-bond acceptors (Lipinski definition) is 3. The molecule has 96 valence electrons. The SMILES string of the molecule is Cc1ccc(-c2nc3cc(F)cc(N)c3o2)cc1C. The van der Waals surface area contributed by atoms with Crippen LogP contribution in [0.3, 0.4) is 0 Å². The van der Waals surface area contributed by atoms with E-state index in [1.807, 2.05) is 32.0 Å². The number of anilines is 1. The Morgan fingerprint density at radius 2 is 1.89 bits per heavy atom. The van der Waals surface area contributed by atoms with Crippen LogP contribution in [0.2, 0.25) is 0 Å². The highest BCUT2D eigenvalue weighted by Gasteiger charge is 2.12. The minimum Gasteiger partial charge on any atom is -0.434 e. The van der Waals surface area contributed by atoms with Crippen LogP contribution in [-0.2, 0) is 0 Å². The number of halogens is 1. The van der Waals surface area contributed by atoms with E-state index in [1.165, 1.54) is 17.7 Å². The molecule has 4 heteroatoms. The summed E-state index contributed by atoms with van der Waals surface area (Å²) in [5, 5.41) is 0. The third kappa shape index (κ3) is 1.95. The number of nitrogen functional groups attached to an aromatic ring is 1. The number of aromatic nitrogens is 1. The molecule has 0 aliphatic heterocycles. The highest BCUT2D eigenvalue weighted by atomic mass is 19.1. The van der Waals surface area contributed by atoms with Crippen LogP contribution in [0.25, 0.3) is 22.6 Å². The van der Waals surface area contributed by atoms with Gasteiger partial charge in [-0.05, 0) is 37.1 Å². The zero-order valence-electron chi connectivity index (χ0n) is 10.7. The van der Waals surface area contributed by atoms with Gasteiger partial charge in [-0.15, -0.1) is 0 Å². The monoisotopic (exact) mass is 256 g/mol. The average Bonchev–Trinajstić information content (AvgIpc) is 2.76. The van der Waals surface area contributed by atoms with E-state index in [1.54, 1.807) is 0 Å². The maximum atomic E-state index is 13.3. The fourth-order valence-corrected chi connectivity index (χ4v) is 2.02. The molecule has 0 atom stereocenters. The smallest absolute Gasteiger partial charge is 0.227 e. The van der Waals surface area contributed by atoms with Crippen LogP contribution in [0, 0.1) is 19.7 Å². The largest absolute Gasteiger partial charge is 0.434 e. The van der Waals surface area contributed by atoms with Crippen LogP contribution >= 0.6 is 0 Å². The van der Waals surface area contributed by atoms with Crippen LogP contribution in [0.5, 0.6) is 0 Å². The summed E-state index contributed by atoms with van der Waals surface area (Å²) >= 11 is 0. The molecule has 1 aromatic heterocycles. The molecule has 1 heterocycles. The topological polar surface area (TPSA) is 52.0 Å². The molecule has 2 N–H and O–H groups in total. The summed E-state index contributed by atoms with van der Waals surface area (Å²) in [6, 6.07) is 8.48. The van der Waals surface area contributed by atoms with E-state index in [9.17, 15) is 4.39 Å². The summed E-state index contributed by atoms with van der Waals surface area (Å²) in [7, 11) is 0. The van der Waals surface area contributed by atoms with Gasteiger partial charge in [-0.3, -0.25) is 0 Å². The molecule has 3 rings (SSSR count). The predicted octanol–water partition coefficient (Wildman–Crippen LogP) is 3.83. The number of rotatable bonds is 1. The van der Waals surface area contributed by atoms with Gasteiger partial charge in [-0.1, -0.05) is 6.07 Å². The van der Waals surface area contributed by atoms with E-state index in [4.69, 9.17) is 10.2 Å². The molecule has 0 aliphatic carbocycles. The van der Waals surface area contributed by atoms with E-state index in [2.05, 4.69) is 4.98 Å². The Hall–Kier alpha value is -2.36. The summed E-state index contributed by atoms with van der Waals surface area (Å²) in [6.45, 7) is 4.06. The van der Waals surface area contributed by atoms with Gasteiger partial charge in [0.15, 0.2) is 5.58 Å². The van der Waals surface area contributed by atoms with E-state index >= 15 is 0 Å². The highest BCUT2D eigenvalue weighted by Crippen LogP contribution is 2.29. The normalized spacial score (nSPS) is 11.1. The number of nitrogens with zero attached hydrogens (tertiary/aromatic N) is 1. The fourth-order valence-electron chi connectivity index (χ4n) is 2.02. The molecule has 0 amide bonds. The van der Waals surface area contributed by atoms with Gasteiger partial charge in [-0.2, -0.15) is 0 Å². The van der Waals surface area contributed by atoms with Crippen molar-refractivity contribution in [3.05, 3.63) is 47.3 Å². The third-order valence-corrected chi connectivity index (χ3v) is 3.24. The number of oxazole rings is 1. The van der Waals surface area contributed by atoms with Crippen molar-refractivity contribution in [1.82, 2.24) is 4.98 Å². The first kappa shape index (κ1) is 11.7. The summed E-state index contributed by atoms with van der Waals surface area (Å²) in [6.07, 6.45) is 0. The van der Waals surface area contributed by atoms with Gasteiger partial charge in [0, 0.05) is 17.7 Å². The summed E-state index contributed by atoms with van der Waals surface area (Å²) in [5.74, 6) is 0.0420. The number of nitrogens with two attached hydrogens (primary N) is 1. The van der Waals surface area contributed by atoms with Crippen LogP contribution in [0.4, 0.5) is 10.1 Å². The Labute approximate surface area is 109 Å². The van der Waals surface area contributed by atoms with Crippen molar-refractivity contribution in [1.29, 1.82) is 0 Å². The first-order chi connectivity index (χ1) is 9.04. The quantitative estimate of drug-likeness (QED) is 0.673. The van der Waals surface area contributed by atoms with Gasteiger partial charge in [0.25, 0.3) is 0 Å². The fraction of sp³-hybridized carbons (Fsp3) is 0.133. The zero-order valence-corrected chi connectivity index (χ0v) is 10.7. The van der Waals surface area contributed by atoms with Crippen LogP contribution in [0.1, 0.15) is 11.1 Å². The number of hydrogen-bond donors (Lipinski definition) is 1. The van der Waals surface area contributed by atoms with E-state index < -0.39 is 5.82 Å². The minimum absolute atomic E-state index is 0.262. The van der Waals surface area contributed by atoms with Gasteiger partial charge in [0.2, 0.25) is 5.89 Å². The predicted molar refractivity (Wildman–Crippen MR) is 73.3 cm³/mol. The molecular formula is C15H13FN2O. The molecule has 2 aromatic carbocycles. The molecule has 0 fully saturated rings. The van der Waals surface area contributed by atoms with Gasteiger partial charge in [0.05, 0.1) is 5.69 Å². The molecule has 3 aromatic rings. The Balaban J connectivity index is 2.20. The molecule has 0 saturated heterocycles. The van der Waals surface area contributed by atoms with E-state index in [0.29, 0.717) is 17.0 Å². The van der Waals surface area contributed by atoms with Gasteiger partial charge < -0.3 is 10.2 Å². The van der Waals surface area contributed by atoms with E-state index in [0.717, 1.165) is 11.1 Å². The third-order valence-electron chi connectivity index (χ3n) is 3.24. The van der Waals surface area contributed by atoms with Crippen molar-refractivity contribution in [3.63, 3.8) is 0 Å². The zero-order chi connectivity index (χ0) is 13.6. The van der Waals surface area contributed by atoms with Crippen molar-refractivity contribution in [2.75, 3.05) is 5.73 Å². The first-order valence-corrected chi connectivity index (χ1v) is 5.98. The molecule has 3 nitrogen and oxygen atoms in total. The minimum atomic E-state index is -0.412. The van der Waals surface area contributed by atoms with Crippen LogP contribution in [0.15, 0.2) is 34.7 Å². The lowest BCUT2D eigenvalue weighted by molar-refractivity contribution is 0.615. The molecular weight excluding hydrogens is 243 g/mol. The first-order valence-electron chi connectivity index (χ1n) is 5.98. The molecule has 19 heavy (non-hydrogen) atoms. The number of benzene rings is 2. The van der Waals surface area contributed by atoms with E-state index in [-0.39, 0.29) is 5.69 Å². The summed E-state index contributed by atoms with van der Waals surface area (Å²) in [4.78, 5) is 4.29. The maximum Gasteiger partial charge on any atom is 0.227 e. The van der Waals surface area contributed by atoms with Crippen molar-refractivity contribution in [3.8, 4) is 11.5 Å². The molecule has 0 saturated carbocycles. The molecule has 0 bridgehead atoms. The summed E-state index contributed by atoms with van der Waals surface area (Å²) in [5.41, 5.74) is 10.1. The lowest BCUT2D eigenvalue weighted by Crippen LogP contribution is -1.86. The number of aryl methyl sites for hydroxylation is 2. The maximum absolute atomic E-state index is 13.3. The second-order valence-electron chi connectivity index (χ2n) is 4.66. The molecule has 0 spiro atoms. The average molecular weight is 256 g/mol. The number of fused-ring (bicyclic) bond motifs is 1. The second-order valence-corrected chi connectivity index (χ2v) is 4.66. The molecule has 0 unspecified atom stereocenters. The highest BCUT2D eigenvalue weighted by molar-refractivity contribution is 5.86. The Kier molecular flexibility index (Phi) is 2.52. The van der Waals surface area contributed by atoms with Gasteiger partial charge in [0.1, 0.15) is 11.3 Å². The Morgan fingerprint density at radius 1 is 1.11 bits per heavy atom. The van der Waals surface area contributed by atoms with Crippen LogP contribution in [-0.4, -0.2) is 4.98 Å². The lowest BCUT2D eigenvalue weighted by atomic mass is 10.1. The van der Waals surface area contributed by atoms with Gasteiger partial charge in [-0.25, -0.2) is 9.37 Å². The summed E-state index contributed by atoms with van der Waals surface area (Å²) < 4.78 is 18.9. The Morgan fingerprint density at radius 3 is 2.63 bits per heavy atom. The Bertz CT molecular complexity index is 777. The van der Waals surface area contributed by atoms with Crippen molar-refractivity contribution >= 4 is 16.8 Å². The van der Waals surface area contributed by atoms with Gasteiger partial charge >= 0.3 is 0 Å². The van der Waals surface area contributed by atoms with Crippen molar-refractivity contribution < 1.29 is 8.81 Å².